The SMILES string of the molecule is CSCCC(C)N(C)C(=O)c1ccc(O)cc1C. The molecule has 0 radical (unpaired) electrons. The largest absolute Gasteiger partial charge is 0.508 e. The van der Waals surface area contributed by atoms with Crippen LogP contribution in [0.1, 0.15) is 29.3 Å². The maximum atomic E-state index is 12.3. The van der Waals surface area contributed by atoms with Gasteiger partial charge in [0.1, 0.15) is 5.75 Å². The number of aromatic hydroxyl groups is 1. The van der Waals surface area contributed by atoms with Crippen LogP contribution in [0.5, 0.6) is 5.75 Å². The van der Waals surface area contributed by atoms with E-state index in [-0.39, 0.29) is 17.7 Å². The summed E-state index contributed by atoms with van der Waals surface area (Å²) in [4.78, 5) is 14.1. The number of phenols is 1. The highest BCUT2D eigenvalue weighted by Crippen LogP contribution is 2.18. The topological polar surface area (TPSA) is 40.5 Å². The summed E-state index contributed by atoms with van der Waals surface area (Å²) in [6, 6.07) is 5.08. The summed E-state index contributed by atoms with van der Waals surface area (Å²) in [6.07, 6.45) is 3.05. The van der Waals surface area contributed by atoms with Crippen LogP contribution in [-0.2, 0) is 0 Å². The number of rotatable bonds is 5. The number of phenolic OH excluding ortho intramolecular Hbond substituents is 1. The Kier molecular flexibility index (Phi) is 5.54. The molecule has 0 aliphatic rings. The van der Waals surface area contributed by atoms with E-state index in [1.807, 2.05) is 14.0 Å². The van der Waals surface area contributed by atoms with Gasteiger partial charge in [-0.1, -0.05) is 0 Å². The van der Waals surface area contributed by atoms with Gasteiger partial charge in [-0.05, 0) is 56.0 Å². The average molecular weight is 267 g/mol. The first-order valence-corrected chi connectivity index (χ1v) is 7.42. The van der Waals surface area contributed by atoms with Crippen molar-refractivity contribution in [3.8, 4) is 5.75 Å². The molecule has 1 amide bonds. The number of hydrogen-bond donors (Lipinski definition) is 1. The maximum Gasteiger partial charge on any atom is 0.254 e. The minimum absolute atomic E-state index is 0.0149. The van der Waals surface area contributed by atoms with Crippen molar-refractivity contribution in [3.63, 3.8) is 0 Å². The highest BCUT2D eigenvalue weighted by atomic mass is 32.2. The van der Waals surface area contributed by atoms with E-state index >= 15 is 0 Å². The van der Waals surface area contributed by atoms with Gasteiger partial charge in [0.2, 0.25) is 0 Å². The van der Waals surface area contributed by atoms with E-state index in [2.05, 4.69) is 13.2 Å². The van der Waals surface area contributed by atoms with Gasteiger partial charge in [-0.25, -0.2) is 0 Å². The molecule has 18 heavy (non-hydrogen) atoms. The van der Waals surface area contributed by atoms with Crippen LogP contribution in [0.25, 0.3) is 0 Å². The van der Waals surface area contributed by atoms with E-state index in [4.69, 9.17) is 0 Å². The number of carbonyl (C=O) groups is 1. The lowest BCUT2D eigenvalue weighted by Crippen LogP contribution is -2.35. The molecule has 0 aliphatic heterocycles. The van der Waals surface area contributed by atoms with Crippen molar-refractivity contribution in [2.75, 3.05) is 19.1 Å². The molecule has 1 rings (SSSR count). The predicted molar refractivity (Wildman–Crippen MR) is 77.4 cm³/mol. The van der Waals surface area contributed by atoms with Crippen LogP contribution in [0.15, 0.2) is 18.2 Å². The molecule has 0 aliphatic carbocycles. The normalized spacial score (nSPS) is 12.2. The molecule has 0 saturated heterocycles. The fourth-order valence-corrected chi connectivity index (χ4v) is 2.34. The lowest BCUT2D eigenvalue weighted by molar-refractivity contribution is 0.0740. The van der Waals surface area contributed by atoms with Gasteiger partial charge in [0.15, 0.2) is 0 Å². The van der Waals surface area contributed by atoms with E-state index in [1.54, 1.807) is 34.9 Å². The van der Waals surface area contributed by atoms with Crippen LogP contribution in [-0.4, -0.2) is 41.0 Å². The second-order valence-corrected chi connectivity index (χ2v) is 5.53. The zero-order valence-corrected chi connectivity index (χ0v) is 12.3. The number of carbonyl (C=O) groups excluding carboxylic acids is 1. The first kappa shape index (κ1) is 14.9. The molecule has 0 heterocycles. The molecule has 0 spiro atoms. The number of amides is 1. The second kappa shape index (κ2) is 6.69. The van der Waals surface area contributed by atoms with Crippen molar-refractivity contribution in [3.05, 3.63) is 29.3 Å². The Balaban J connectivity index is 2.79. The number of thioether (sulfide) groups is 1. The van der Waals surface area contributed by atoms with Gasteiger partial charge in [-0.15, -0.1) is 0 Å². The fourth-order valence-electron chi connectivity index (χ4n) is 1.76. The number of aryl methyl sites for hydroxylation is 1. The molecule has 1 aromatic rings. The molecule has 1 N–H and O–H groups in total. The Bertz CT molecular complexity index is 420. The van der Waals surface area contributed by atoms with Crippen LogP contribution < -0.4 is 0 Å². The van der Waals surface area contributed by atoms with Gasteiger partial charge in [0, 0.05) is 18.7 Å². The Morgan fingerprint density at radius 3 is 2.72 bits per heavy atom. The monoisotopic (exact) mass is 267 g/mol. The number of hydrogen-bond acceptors (Lipinski definition) is 3. The Labute approximate surface area is 113 Å². The lowest BCUT2D eigenvalue weighted by Gasteiger charge is -2.25. The van der Waals surface area contributed by atoms with Gasteiger partial charge >= 0.3 is 0 Å². The van der Waals surface area contributed by atoms with Gasteiger partial charge in [-0.3, -0.25) is 4.79 Å². The van der Waals surface area contributed by atoms with Gasteiger partial charge in [-0.2, -0.15) is 11.8 Å². The summed E-state index contributed by atoms with van der Waals surface area (Å²) >= 11 is 1.79. The molecule has 1 unspecified atom stereocenters. The summed E-state index contributed by atoms with van der Waals surface area (Å²) in [5.41, 5.74) is 1.47. The summed E-state index contributed by atoms with van der Waals surface area (Å²) in [6.45, 7) is 3.90. The highest BCUT2D eigenvalue weighted by Gasteiger charge is 2.18. The predicted octanol–water partition coefficient (Wildman–Crippen LogP) is 2.91. The molecule has 1 atom stereocenters. The Morgan fingerprint density at radius 1 is 1.50 bits per heavy atom. The molecule has 0 bridgehead atoms. The maximum absolute atomic E-state index is 12.3. The lowest BCUT2D eigenvalue weighted by atomic mass is 10.1. The van der Waals surface area contributed by atoms with Crippen molar-refractivity contribution in [2.45, 2.75) is 26.3 Å². The van der Waals surface area contributed by atoms with Crippen molar-refractivity contribution in [1.29, 1.82) is 0 Å². The molecule has 0 fully saturated rings. The third-order valence-electron chi connectivity index (χ3n) is 3.16. The molecular weight excluding hydrogens is 246 g/mol. The van der Waals surface area contributed by atoms with E-state index < -0.39 is 0 Å². The molecule has 4 heteroatoms. The number of nitrogens with zero attached hydrogens (tertiary/aromatic N) is 1. The minimum Gasteiger partial charge on any atom is -0.508 e. The minimum atomic E-state index is 0.0149. The zero-order valence-electron chi connectivity index (χ0n) is 11.4. The van der Waals surface area contributed by atoms with E-state index in [0.29, 0.717) is 5.56 Å². The molecule has 1 aromatic carbocycles. The average Bonchev–Trinajstić information content (AvgIpc) is 2.34. The van der Waals surface area contributed by atoms with Crippen molar-refractivity contribution < 1.29 is 9.90 Å². The zero-order chi connectivity index (χ0) is 13.7. The highest BCUT2D eigenvalue weighted by molar-refractivity contribution is 7.98. The van der Waals surface area contributed by atoms with E-state index in [9.17, 15) is 9.90 Å². The van der Waals surface area contributed by atoms with Crippen LogP contribution in [0.2, 0.25) is 0 Å². The second-order valence-electron chi connectivity index (χ2n) is 4.55. The van der Waals surface area contributed by atoms with Gasteiger partial charge < -0.3 is 10.0 Å². The molecule has 0 saturated carbocycles. The molecular formula is C14H21NO2S. The summed E-state index contributed by atoms with van der Waals surface area (Å²) < 4.78 is 0. The van der Waals surface area contributed by atoms with E-state index in [1.165, 1.54) is 0 Å². The quantitative estimate of drug-likeness (QED) is 0.891. The summed E-state index contributed by atoms with van der Waals surface area (Å²) in [7, 11) is 1.83. The van der Waals surface area contributed by atoms with E-state index in [0.717, 1.165) is 17.7 Å². The van der Waals surface area contributed by atoms with Crippen molar-refractivity contribution >= 4 is 17.7 Å². The molecule has 0 aromatic heterocycles. The fraction of sp³-hybridized carbons (Fsp3) is 0.500. The first-order chi connectivity index (χ1) is 8.47. The Hall–Kier alpha value is -1.16. The standard InChI is InChI=1S/C14H21NO2S/c1-10-9-12(16)5-6-13(10)14(17)15(3)11(2)7-8-18-4/h5-6,9,11,16H,7-8H2,1-4H3. The smallest absolute Gasteiger partial charge is 0.254 e. The molecule has 100 valence electrons. The third kappa shape index (κ3) is 3.67. The van der Waals surface area contributed by atoms with Gasteiger partial charge in [0.25, 0.3) is 5.91 Å². The van der Waals surface area contributed by atoms with Crippen LogP contribution >= 0.6 is 11.8 Å². The van der Waals surface area contributed by atoms with Crippen molar-refractivity contribution in [2.24, 2.45) is 0 Å². The van der Waals surface area contributed by atoms with Crippen LogP contribution in [0.3, 0.4) is 0 Å². The summed E-state index contributed by atoms with van der Waals surface area (Å²) in [5.74, 6) is 1.26. The van der Waals surface area contributed by atoms with Crippen LogP contribution in [0.4, 0.5) is 0 Å². The van der Waals surface area contributed by atoms with Crippen LogP contribution in [0, 0.1) is 6.92 Å². The van der Waals surface area contributed by atoms with Gasteiger partial charge in [0.05, 0.1) is 0 Å². The van der Waals surface area contributed by atoms with Crippen molar-refractivity contribution in [1.82, 2.24) is 4.90 Å². The Morgan fingerprint density at radius 2 is 2.17 bits per heavy atom. The molecule has 3 nitrogen and oxygen atoms in total. The summed E-state index contributed by atoms with van der Waals surface area (Å²) in [5, 5.41) is 9.36. The first-order valence-electron chi connectivity index (χ1n) is 6.03. The third-order valence-corrected chi connectivity index (χ3v) is 3.81. The number of benzene rings is 1.